The molecule has 0 heterocycles. The highest BCUT2D eigenvalue weighted by atomic mass is 16.5. The number of benzene rings is 2. The van der Waals surface area contributed by atoms with E-state index in [1.54, 1.807) is 50.7 Å². The van der Waals surface area contributed by atoms with Gasteiger partial charge in [0.05, 0.1) is 6.61 Å². The molecule has 2 rings (SSSR count). The summed E-state index contributed by atoms with van der Waals surface area (Å²) in [6.07, 6.45) is 0. The van der Waals surface area contributed by atoms with E-state index in [0.29, 0.717) is 12.2 Å². The number of hydrogen-bond donors (Lipinski definition) is 4. The van der Waals surface area contributed by atoms with Gasteiger partial charge in [-0.1, -0.05) is 37.8 Å². The number of nitrogens with one attached hydrogen (secondary N) is 3. The lowest BCUT2D eigenvalue weighted by Crippen LogP contribution is -2.48. The van der Waals surface area contributed by atoms with Gasteiger partial charge in [-0.2, -0.15) is 0 Å². The quantitative estimate of drug-likeness (QED) is 0.214. The van der Waals surface area contributed by atoms with Gasteiger partial charge in [0.15, 0.2) is 0 Å². The van der Waals surface area contributed by atoms with Crippen molar-refractivity contribution in [3.63, 3.8) is 0 Å². The van der Waals surface area contributed by atoms with Crippen LogP contribution in [-0.4, -0.2) is 43.3 Å². The van der Waals surface area contributed by atoms with Crippen LogP contribution in [-0.2, 0) is 16.1 Å². The minimum Gasteiger partial charge on any atom is -0.383 e. The van der Waals surface area contributed by atoms with Crippen LogP contribution < -0.4 is 16.1 Å². The zero-order valence-corrected chi connectivity index (χ0v) is 18.1. The number of ether oxygens (including phenoxy) is 1. The first kappa shape index (κ1) is 24.1. The molecule has 0 aliphatic carbocycles. The minimum atomic E-state index is -0.824. The third kappa shape index (κ3) is 7.87. The van der Waals surface area contributed by atoms with E-state index in [4.69, 9.17) is 9.94 Å². The highest BCUT2D eigenvalue weighted by Gasteiger charge is 2.24. The molecular formula is C24H29N3O4. The van der Waals surface area contributed by atoms with E-state index in [2.05, 4.69) is 22.5 Å². The van der Waals surface area contributed by atoms with Crippen molar-refractivity contribution in [3.05, 3.63) is 70.8 Å². The zero-order valence-electron chi connectivity index (χ0n) is 18.1. The Morgan fingerprint density at radius 1 is 1.00 bits per heavy atom. The smallest absolute Gasteiger partial charge is 0.266 e. The van der Waals surface area contributed by atoms with Gasteiger partial charge in [0.2, 0.25) is 0 Å². The van der Waals surface area contributed by atoms with Gasteiger partial charge in [-0.3, -0.25) is 14.8 Å². The second-order valence-electron chi connectivity index (χ2n) is 7.37. The molecule has 7 nitrogen and oxygen atoms in total. The van der Waals surface area contributed by atoms with Crippen LogP contribution in [0.3, 0.4) is 0 Å². The van der Waals surface area contributed by atoms with E-state index in [9.17, 15) is 9.59 Å². The van der Waals surface area contributed by atoms with Crippen molar-refractivity contribution in [2.45, 2.75) is 26.4 Å². The van der Waals surface area contributed by atoms with Crippen LogP contribution in [0, 0.1) is 17.8 Å². The standard InChI is InChI=1S/C24H29N3O4/c1-17(2)22(24(29)27-30)26-23(28)21-12-10-19(11-13-21)5-4-18-6-8-20(9-7-18)16-25-14-15-31-3/h6-13,17,22,25,30H,14-16H2,1-3H3,(H,26,28)(H,27,29)/t22-/m0/s1. The van der Waals surface area contributed by atoms with Gasteiger partial charge in [0.1, 0.15) is 6.04 Å². The monoisotopic (exact) mass is 423 g/mol. The summed E-state index contributed by atoms with van der Waals surface area (Å²) in [6.45, 7) is 5.82. The number of methoxy groups -OCH3 is 1. The van der Waals surface area contributed by atoms with E-state index in [-0.39, 0.29) is 5.92 Å². The maximum atomic E-state index is 12.4. The average Bonchev–Trinajstić information content (AvgIpc) is 2.79. The number of carbonyl (C=O) groups excluding carboxylic acids is 2. The Hall–Kier alpha value is -3.18. The Morgan fingerprint density at radius 2 is 1.58 bits per heavy atom. The van der Waals surface area contributed by atoms with Crippen molar-refractivity contribution in [2.75, 3.05) is 20.3 Å². The summed E-state index contributed by atoms with van der Waals surface area (Å²) in [5.74, 6) is 4.98. The predicted octanol–water partition coefficient (Wildman–Crippen LogP) is 2.08. The van der Waals surface area contributed by atoms with Gasteiger partial charge >= 0.3 is 0 Å². The maximum absolute atomic E-state index is 12.4. The first-order valence-electron chi connectivity index (χ1n) is 10.1. The van der Waals surface area contributed by atoms with Gasteiger partial charge in [-0.15, -0.1) is 0 Å². The van der Waals surface area contributed by atoms with Crippen molar-refractivity contribution >= 4 is 11.8 Å². The molecule has 0 aliphatic heterocycles. The van der Waals surface area contributed by atoms with Crippen molar-refractivity contribution < 1.29 is 19.5 Å². The highest BCUT2D eigenvalue weighted by molar-refractivity contribution is 5.97. The molecule has 0 unspecified atom stereocenters. The Kier molecular flexibility index (Phi) is 9.72. The van der Waals surface area contributed by atoms with Crippen molar-refractivity contribution in [1.29, 1.82) is 0 Å². The molecule has 0 saturated heterocycles. The van der Waals surface area contributed by atoms with Crippen LogP contribution in [0.4, 0.5) is 0 Å². The van der Waals surface area contributed by atoms with E-state index >= 15 is 0 Å². The second kappa shape index (κ2) is 12.5. The van der Waals surface area contributed by atoms with Crippen LogP contribution in [0.25, 0.3) is 0 Å². The summed E-state index contributed by atoms with van der Waals surface area (Å²) in [4.78, 5) is 24.1. The van der Waals surface area contributed by atoms with Gasteiger partial charge in [0, 0.05) is 36.9 Å². The molecule has 2 aromatic rings. The zero-order chi connectivity index (χ0) is 22.6. The summed E-state index contributed by atoms with van der Waals surface area (Å²) < 4.78 is 5.01. The Bertz CT molecular complexity index is 913. The SMILES string of the molecule is COCCNCc1ccc(C#Cc2ccc(C(=O)N[C@H](C(=O)NO)C(C)C)cc2)cc1. The lowest BCUT2D eigenvalue weighted by molar-refractivity contribution is -0.132. The molecule has 0 saturated carbocycles. The molecule has 0 bridgehead atoms. The van der Waals surface area contributed by atoms with Crippen molar-refractivity contribution in [2.24, 2.45) is 5.92 Å². The molecule has 0 spiro atoms. The van der Waals surface area contributed by atoms with Crippen molar-refractivity contribution in [1.82, 2.24) is 16.1 Å². The van der Waals surface area contributed by atoms with Gasteiger partial charge in [0.25, 0.3) is 11.8 Å². The average molecular weight is 424 g/mol. The molecule has 164 valence electrons. The van der Waals surface area contributed by atoms with E-state index in [0.717, 1.165) is 24.2 Å². The molecule has 0 aromatic heterocycles. The number of rotatable bonds is 9. The summed E-state index contributed by atoms with van der Waals surface area (Å²) in [6, 6.07) is 14.0. The molecule has 7 heteroatoms. The molecular weight excluding hydrogens is 394 g/mol. The molecule has 1 atom stereocenters. The van der Waals surface area contributed by atoms with E-state index in [1.807, 2.05) is 24.3 Å². The third-order valence-electron chi connectivity index (χ3n) is 4.61. The number of hydroxylamine groups is 1. The minimum absolute atomic E-state index is 0.172. The Morgan fingerprint density at radius 3 is 2.10 bits per heavy atom. The lowest BCUT2D eigenvalue weighted by Gasteiger charge is -2.20. The molecule has 31 heavy (non-hydrogen) atoms. The first-order chi connectivity index (χ1) is 14.9. The van der Waals surface area contributed by atoms with Crippen LogP contribution in [0.1, 0.15) is 40.9 Å². The highest BCUT2D eigenvalue weighted by Crippen LogP contribution is 2.08. The lowest BCUT2D eigenvalue weighted by atomic mass is 10.0. The van der Waals surface area contributed by atoms with Gasteiger partial charge in [-0.25, -0.2) is 5.48 Å². The summed E-state index contributed by atoms with van der Waals surface area (Å²) in [5, 5.41) is 14.7. The fourth-order valence-electron chi connectivity index (χ4n) is 2.79. The fraction of sp³-hybridized carbons (Fsp3) is 0.333. The third-order valence-corrected chi connectivity index (χ3v) is 4.61. The second-order valence-corrected chi connectivity index (χ2v) is 7.37. The predicted molar refractivity (Wildman–Crippen MR) is 118 cm³/mol. The molecule has 0 aliphatic rings. The summed E-state index contributed by atoms with van der Waals surface area (Å²) in [5.41, 5.74) is 4.84. The van der Waals surface area contributed by atoms with Gasteiger partial charge in [-0.05, 0) is 47.9 Å². The van der Waals surface area contributed by atoms with Crippen LogP contribution in [0.15, 0.2) is 48.5 Å². The molecule has 0 fully saturated rings. The molecule has 0 radical (unpaired) electrons. The van der Waals surface area contributed by atoms with Crippen molar-refractivity contribution in [3.8, 4) is 11.8 Å². The van der Waals surface area contributed by atoms with E-state index < -0.39 is 17.9 Å². The number of amides is 2. The fourth-order valence-corrected chi connectivity index (χ4v) is 2.79. The molecule has 2 aromatic carbocycles. The van der Waals surface area contributed by atoms with Crippen LogP contribution in [0.5, 0.6) is 0 Å². The summed E-state index contributed by atoms with van der Waals surface area (Å²) >= 11 is 0. The Balaban J connectivity index is 1.96. The number of hydrogen-bond acceptors (Lipinski definition) is 5. The van der Waals surface area contributed by atoms with Crippen LogP contribution in [0.2, 0.25) is 0 Å². The Labute approximate surface area is 183 Å². The normalized spacial score (nSPS) is 11.4. The number of carbonyl (C=O) groups is 2. The maximum Gasteiger partial charge on any atom is 0.266 e. The van der Waals surface area contributed by atoms with Gasteiger partial charge < -0.3 is 15.4 Å². The van der Waals surface area contributed by atoms with E-state index in [1.165, 1.54) is 5.56 Å². The topological polar surface area (TPSA) is 99.7 Å². The molecule has 4 N–H and O–H groups in total. The largest absolute Gasteiger partial charge is 0.383 e. The summed E-state index contributed by atoms with van der Waals surface area (Å²) in [7, 11) is 1.68. The van der Waals surface area contributed by atoms with Crippen LogP contribution >= 0.6 is 0 Å². The first-order valence-corrected chi connectivity index (χ1v) is 10.1. The molecule has 2 amide bonds.